The van der Waals surface area contributed by atoms with Gasteiger partial charge in [0.1, 0.15) is 5.82 Å². The topological polar surface area (TPSA) is 45.2 Å². The lowest BCUT2D eigenvalue weighted by Gasteiger charge is -2.24. The van der Waals surface area contributed by atoms with Gasteiger partial charge in [-0.05, 0) is 50.1 Å². The Morgan fingerprint density at radius 1 is 0.962 bits per heavy atom. The van der Waals surface area contributed by atoms with Crippen LogP contribution in [0.4, 0.5) is 17.5 Å². The van der Waals surface area contributed by atoms with Gasteiger partial charge in [0, 0.05) is 50.0 Å². The van der Waals surface area contributed by atoms with Gasteiger partial charge in [-0.1, -0.05) is 18.2 Å². The van der Waals surface area contributed by atoms with Crippen molar-refractivity contribution in [3.05, 3.63) is 72.2 Å². The molecule has 5 nitrogen and oxygen atoms in total. The summed E-state index contributed by atoms with van der Waals surface area (Å²) < 4.78 is 0. The normalized spacial score (nSPS) is 10.6. The van der Waals surface area contributed by atoms with E-state index in [1.165, 1.54) is 5.56 Å². The van der Waals surface area contributed by atoms with Crippen LogP contribution >= 0.6 is 0 Å². The Kier molecular flexibility index (Phi) is 5.79. The number of hydrogen-bond donors (Lipinski definition) is 0. The number of rotatable bonds is 7. The highest BCUT2D eigenvalue weighted by Gasteiger charge is 2.13. The van der Waals surface area contributed by atoms with Crippen molar-refractivity contribution in [1.29, 1.82) is 0 Å². The highest BCUT2D eigenvalue weighted by Crippen LogP contribution is 2.24. The molecule has 0 amide bonds. The average molecular weight is 347 g/mol. The number of para-hydroxylation sites is 1. The monoisotopic (exact) mass is 347 g/mol. The maximum Gasteiger partial charge on any atom is 0.232 e. The van der Waals surface area contributed by atoms with Crippen LogP contribution in [0.5, 0.6) is 0 Å². The molecule has 5 heteroatoms. The number of hydrogen-bond acceptors (Lipinski definition) is 5. The highest BCUT2D eigenvalue weighted by molar-refractivity contribution is 5.58. The molecule has 0 spiro atoms. The van der Waals surface area contributed by atoms with Crippen LogP contribution in [0.3, 0.4) is 0 Å². The third-order valence-electron chi connectivity index (χ3n) is 4.33. The molecule has 0 aliphatic carbocycles. The zero-order valence-corrected chi connectivity index (χ0v) is 15.6. The minimum atomic E-state index is 0.740. The van der Waals surface area contributed by atoms with Crippen LogP contribution in [0.1, 0.15) is 18.2 Å². The number of aromatic nitrogens is 3. The molecule has 0 atom stereocenters. The molecule has 0 aliphatic rings. The van der Waals surface area contributed by atoms with E-state index in [0.717, 1.165) is 42.7 Å². The van der Waals surface area contributed by atoms with Crippen LogP contribution in [-0.4, -0.2) is 35.1 Å². The van der Waals surface area contributed by atoms with E-state index in [0.29, 0.717) is 0 Å². The predicted molar refractivity (Wildman–Crippen MR) is 107 cm³/mol. The van der Waals surface area contributed by atoms with Gasteiger partial charge in [0.2, 0.25) is 5.95 Å². The zero-order chi connectivity index (χ0) is 18.4. The van der Waals surface area contributed by atoms with Gasteiger partial charge in [0.15, 0.2) is 0 Å². The first-order valence-electron chi connectivity index (χ1n) is 8.95. The number of aryl methyl sites for hydroxylation is 1. The van der Waals surface area contributed by atoms with Crippen molar-refractivity contribution in [1.82, 2.24) is 15.0 Å². The largest absolute Gasteiger partial charge is 0.359 e. The van der Waals surface area contributed by atoms with Crippen molar-refractivity contribution in [3.8, 4) is 0 Å². The van der Waals surface area contributed by atoms with Crippen LogP contribution in [-0.2, 0) is 6.42 Å². The summed E-state index contributed by atoms with van der Waals surface area (Å²) in [6.45, 7) is 5.83. The van der Waals surface area contributed by atoms with Gasteiger partial charge in [-0.3, -0.25) is 4.98 Å². The summed E-state index contributed by atoms with van der Waals surface area (Å²) in [6.07, 6.45) is 4.62. The molecule has 26 heavy (non-hydrogen) atoms. The van der Waals surface area contributed by atoms with Gasteiger partial charge in [-0.15, -0.1) is 0 Å². The SMILES string of the molecule is CCN(c1ccccc1)c1nc(C)cc(N(C)CCc2ccncc2)n1. The lowest BCUT2D eigenvalue weighted by atomic mass is 10.2. The van der Waals surface area contributed by atoms with E-state index in [2.05, 4.69) is 58.0 Å². The Bertz CT molecular complexity index is 820. The number of anilines is 3. The first kappa shape index (κ1) is 17.9. The number of benzene rings is 1. The smallest absolute Gasteiger partial charge is 0.232 e. The summed E-state index contributed by atoms with van der Waals surface area (Å²) in [5, 5.41) is 0. The highest BCUT2D eigenvalue weighted by atomic mass is 15.3. The molecule has 2 heterocycles. The lowest BCUT2D eigenvalue weighted by molar-refractivity contribution is 0.842. The minimum absolute atomic E-state index is 0.740. The second kappa shape index (κ2) is 8.43. The van der Waals surface area contributed by atoms with Gasteiger partial charge >= 0.3 is 0 Å². The summed E-state index contributed by atoms with van der Waals surface area (Å²) in [6, 6.07) is 16.4. The average Bonchev–Trinajstić information content (AvgIpc) is 2.68. The fourth-order valence-corrected chi connectivity index (χ4v) is 2.86. The standard InChI is InChI=1S/C21H25N5/c1-4-26(19-8-6-5-7-9-19)21-23-17(2)16-20(24-21)25(3)15-12-18-10-13-22-14-11-18/h5-11,13-14,16H,4,12,15H2,1-3H3. The van der Waals surface area contributed by atoms with Crippen molar-refractivity contribution in [2.45, 2.75) is 20.3 Å². The van der Waals surface area contributed by atoms with Gasteiger partial charge in [0.05, 0.1) is 0 Å². The molecule has 0 N–H and O–H groups in total. The number of likely N-dealkylation sites (N-methyl/N-ethyl adjacent to an activating group) is 1. The molecule has 134 valence electrons. The van der Waals surface area contributed by atoms with E-state index in [1.54, 1.807) is 0 Å². The Hall–Kier alpha value is -2.95. The fraction of sp³-hybridized carbons (Fsp3) is 0.286. The molecule has 0 radical (unpaired) electrons. The van der Waals surface area contributed by atoms with Gasteiger partial charge in [-0.2, -0.15) is 4.98 Å². The summed E-state index contributed by atoms with van der Waals surface area (Å²) in [5.74, 6) is 1.68. The van der Waals surface area contributed by atoms with E-state index in [1.807, 2.05) is 43.6 Å². The first-order chi connectivity index (χ1) is 12.7. The van der Waals surface area contributed by atoms with Gasteiger partial charge in [0.25, 0.3) is 0 Å². The van der Waals surface area contributed by atoms with E-state index in [4.69, 9.17) is 4.98 Å². The lowest BCUT2D eigenvalue weighted by Crippen LogP contribution is -2.24. The Labute approximate surface area is 155 Å². The van der Waals surface area contributed by atoms with Crippen molar-refractivity contribution >= 4 is 17.5 Å². The predicted octanol–water partition coefficient (Wildman–Crippen LogP) is 4.02. The van der Waals surface area contributed by atoms with E-state index in [-0.39, 0.29) is 0 Å². The van der Waals surface area contributed by atoms with Crippen LogP contribution in [0.25, 0.3) is 0 Å². The summed E-state index contributed by atoms with van der Waals surface area (Å²) >= 11 is 0. The summed E-state index contributed by atoms with van der Waals surface area (Å²) in [7, 11) is 2.07. The molecule has 0 unspecified atom stereocenters. The molecule has 1 aromatic carbocycles. The van der Waals surface area contributed by atoms with Gasteiger partial charge < -0.3 is 9.80 Å². The zero-order valence-electron chi connectivity index (χ0n) is 15.6. The Morgan fingerprint density at radius 3 is 2.38 bits per heavy atom. The summed E-state index contributed by atoms with van der Waals surface area (Å²) in [4.78, 5) is 17.9. The van der Waals surface area contributed by atoms with Crippen molar-refractivity contribution in [2.24, 2.45) is 0 Å². The van der Waals surface area contributed by atoms with Crippen molar-refractivity contribution < 1.29 is 0 Å². The molecule has 0 aliphatic heterocycles. The molecular formula is C21H25N5. The maximum atomic E-state index is 4.82. The molecular weight excluding hydrogens is 322 g/mol. The van der Waals surface area contributed by atoms with E-state index >= 15 is 0 Å². The number of pyridine rings is 1. The molecule has 3 aromatic rings. The molecule has 0 saturated heterocycles. The van der Waals surface area contributed by atoms with Crippen LogP contribution in [0, 0.1) is 6.92 Å². The second-order valence-electron chi connectivity index (χ2n) is 6.27. The molecule has 0 bridgehead atoms. The molecule has 0 fully saturated rings. The van der Waals surface area contributed by atoms with Crippen LogP contribution in [0.15, 0.2) is 60.9 Å². The summed E-state index contributed by atoms with van der Waals surface area (Å²) in [5.41, 5.74) is 3.35. The van der Waals surface area contributed by atoms with Crippen LogP contribution < -0.4 is 9.80 Å². The molecule has 2 aromatic heterocycles. The minimum Gasteiger partial charge on any atom is -0.359 e. The first-order valence-corrected chi connectivity index (χ1v) is 8.95. The van der Waals surface area contributed by atoms with Crippen LogP contribution in [0.2, 0.25) is 0 Å². The molecule has 3 rings (SSSR count). The third kappa shape index (κ3) is 4.36. The van der Waals surface area contributed by atoms with Gasteiger partial charge in [-0.25, -0.2) is 4.98 Å². The third-order valence-corrected chi connectivity index (χ3v) is 4.33. The van der Waals surface area contributed by atoms with E-state index in [9.17, 15) is 0 Å². The number of nitrogens with zero attached hydrogens (tertiary/aromatic N) is 5. The quantitative estimate of drug-likeness (QED) is 0.646. The van der Waals surface area contributed by atoms with Crippen molar-refractivity contribution in [2.75, 3.05) is 29.9 Å². The second-order valence-corrected chi connectivity index (χ2v) is 6.27. The Morgan fingerprint density at radius 2 is 1.69 bits per heavy atom. The molecule has 0 saturated carbocycles. The fourth-order valence-electron chi connectivity index (χ4n) is 2.86. The van der Waals surface area contributed by atoms with Crippen molar-refractivity contribution in [3.63, 3.8) is 0 Å². The Balaban J connectivity index is 1.80. The maximum absolute atomic E-state index is 4.82. The van der Waals surface area contributed by atoms with E-state index < -0.39 is 0 Å².